The lowest BCUT2D eigenvalue weighted by atomic mass is 10.0. The van der Waals surface area contributed by atoms with Crippen LogP contribution in [0, 0.1) is 20.8 Å². The zero-order chi connectivity index (χ0) is 13.9. The first-order valence-corrected chi connectivity index (χ1v) is 6.59. The van der Waals surface area contributed by atoms with Crippen molar-refractivity contribution in [3.8, 4) is 5.75 Å². The van der Waals surface area contributed by atoms with Crippen LogP contribution in [0.5, 0.6) is 5.75 Å². The molecule has 0 spiro atoms. The molecular weight excluding hydrogens is 246 g/mol. The lowest BCUT2D eigenvalue weighted by Crippen LogP contribution is -2.27. The number of anilines is 1. The number of aryl methyl sites for hydroxylation is 1. The van der Waals surface area contributed by atoms with Gasteiger partial charge in [0.15, 0.2) is 0 Å². The maximum absolute atomic E-state index is 11.9. The van der Waals surface area contributed by atoms with Gasteiger partial charge >= 0.3 is 0 Å². The number of carbonyl (C=O) groups excluding carboxylic acids is 1. The monoisotopic (exact) mass is 267 g/mol. The van der Waals surface area contributed by atoms with Crippen molar-refractivity contribution in [3.05, 3.63) is 22.8 Å². The van der Waals surface area contributed by atoms with E-state index in [1.54, 1.807) is 19.1 Å². The van der Waals surface area contributed by atoms with E-state index < -0.39 is 0 Å². The quantitative estimate of drug-likeness (QED) is 0.850. The van der Waals surface area contributed by atoms with Crippen molar-refractivity contribution >= 4 is 24.2 Å². The molecule has 0 aromatic heterocycles. The molecule has 100 valence electrons. The maximum Gasteiger partial charge on any atom is 0.227 e. The normalized spacial score (nSPS) is 10.3. The fourth-order valence-corrected chi connectivity index (χ4v) is 2.29. The third-order valence-electron chi connectivity index (χ3n) is 3.26. The van der Waals surface area contributed by atoms with Gasteiger partial charge in [0.25, 0.3) is 0 Å². The predicted molar refractivity (Wildman–Crippen MR) is 79.1 cm³/mol. The van der Waals surface area contributed by atoms with Gasteiger partial charge in [-0.25, -0.2) is 0 Å². The Kier molecular flexibility index (Phi) is 5.08. The van der Waals surface area contributed by atoms with Crippen LogP contribution in [0.15, 0.2) is 6.07 Å². The van der Waals surface area contributed by atoms with E-state index >= 15 is 0 Å². The van der Waals surface area contributed by atoms with E-state index in [4.69, 9.17) is 4.74 Å². The molecule has 3 nitrogen and oxygen atoms in total. The molecular formula is C14H21NO2S. The highest BCUT2D eigenvalue weighted by molar-refractivity contribution is 7.80. The van der Waals surface area contributed by atoms with Gasteiger partial charge in [0, 0.05) is 19.2 Å². The third-order valence-corrected chi connectivity index (χ3v) is 3.49. The minimum atomic E-state index is 0.0806. The molecule has 0 saturated carbocycles. The van der Waals surface area contributed by atoms with Crippen LogP contribution in [-0.2, 0) is 4.79 Å². The van der Waals surface area contributed by atoms with Crippen LogP contribution < -0.4 is 9.64 Å². The number of thiol groups is 1. The number of benzene rings is 1. The highest BCUT2D eigenvalue weighted by Gasteiger charge is 2.17. The molecule has 0 saturated heterocycles. The summed E-state index contributed by atoms with van der Waals surface area (Å²) in [7, 11) is 3.48. The minimum absolute atomic E-state index is 0.0806. The van der Waals surface area contributed by atoms with E-state index in [2.05, 4.69) is 12.6 Å². The number of amides is 1. The van der Waals surface area contributed by atoms with Gasteiger partial charge in [0.2, 0.25) is 5.91 Å². The summed E-state index contributed by atoms with van der Waals surface area (Å²) in [5.41, 5.74) is 4.14. The fourth-order valence-electron chi connectivity index (χ4n) is 2.10. The number of ether oxygens (including phenoxy) is 1. The van der Waals surface area contributed by atoms with Crippen LogP contribution in [0.3, 0.4) is 0 Å². The number of methoxy groups -OCH3 is 1. The number of hydrogen-bond acceptors (Lipinski definition) is 3. The Bertz CT molecular complexity index is 458. The SMILES string of the molecule is COc1c(C)cc(N(C)C(=O)CCS)c(C)c1C. The molecule has 0 radical (unpaired) electrons. The Hall–Kier alpha value is -1.16. The van der Waals surface area contributed by atoms with Crippen molar-refractivity contribution in [3.63, 3.8) is 0 Å². The van der Waals surface area contributed by atoms with E-state index in [-0.39, 0.29) is 5.91 Å². The molecule has 0 unspecified atom stereocenters. The highest BCUT2D eigenvalue weighted by Crippen LogP contribution is 2.33. The minimum Gasteiger partial charge on any atom is -0.496 e. The zero-order valence-corrected chi connectivity index (χ0v) is 12.6. The topological polar surface area (TPSA) is 29.5 Å². The molecule has 0 fully saturated rings. The van der Waals surface area contributed by atoms with Gasteiger partial charge in [-0.2, -0.15) is 12.6 Å². The molecule has 1 aromatic carbocycles. The van der Waals surface area contributed by atoms with Crippen molar-refractivity contribution in [1.29, 1.82) is 0 Å². The predicted octanol–water partition coefficient (Wildman–Crippen LogP) is 2.90. The van der Waals surface area contributed by atoms with Crippen molar-refractivity contribution in [2.24, 2.45) is 0 Å². The Labute approximate surface area is 115 Å². The molecule has 1 amide bonds. The first-order chi connectivity index (χ1) is 8.43. The zero-order valence-electron chi connectivity index (χ0n) is 11.7. The molecule has 0 aliphatic heterocycles. The van der Waals surface area contributed by atoms with Crippen molar-refractivity contribution in [2.75, 3.05) is 24.8 Å². The molecule has 4 heteroatoms. The average molecular weight is 267 g/mol. The van der Waals surface area contributed by atoms with Gasteiger partial charge < -0.3 is 9.64 Å². The van der Waals surface area contributed by atoms with Crippen LogP contribution in [0.25, 0.3) is 0 Å². The molecule has 0 aliphatic carbocycles. The summed E-state index contributed by atoms with van der Waals surface area (Å²) in [5.74, 6) is 1.54. The van der Waals surface area contributed by atoms with Gasteiger partial charge in [-0.1, -0.05) is 0 Å². The van der Waals surface area contributed by atoms with Crippen molar-refractivity contribution in [2.45, 2.75) is 27.2 Å². The van der Waals surface area contributed by atoms with Gasteiger partial charge in [0.05, 0.1) is 7.11 Å². The molecule has 0 N–H and O–H groups in total. The van der Waals surface area contributed by atoms with Crippen LogP contribution in [-0.4, -0.2) is 25.8 Å². The van der Waals surface area contributed by atoms with E-state index in [1.807, 2.05) is 26.8 Å². The number of nitrogens with zero attached hydrogens (tertiary/aromatic N) is 1. The second-order valence-electron chi connectivity index (χ2n) is 4.42. The van der Waals surface area contributed by atoms with Crippen LogP contribution in [0.2, 0.25) is 0 Å². The Morgan fingerprint density at radius 2 is 1.94 bits per heavy atom. The molecule has 0 bridgehead atoms. The molecule has 0 atom stereocenters. The van der Waals surface area contributed by atoms with Gasteiger partial charge in [-0.15, -0.1) is 0 Å². The van der Waals surface area contributed by atoms with E-state index in [0.29, 0.717) is 12.2 Å². The van der Waals surface area contributed by atoms with Crippen LogP contribution >= 0.6 is 12.6 Å². The summed E-state index contributed by atoms with van der Waals surface area (Å²) in [5, 5.41) is 0. The maximum atomic E-state index is 11.9. The number of carbonyl (C=O) groups is 1. The van der Waals surface area contributed by atoms with Gasteiger partial charge in [-0.3, -0.25) is 4.79 Å². The van der Waals surface area contributed by atoms with Crippen molar-refractivity contribution in [1.82, 2.24) is 0 Å². The second-order valence-corrected chi connectivity index (χ2v) is 4.87. The Morgan fingerprint density at radius 3 is 2.44 bits per heavy atom. The van der Waals surface area contributed by atoms with Crippen molar-refractivity contribution < 1.29 is 9.53 Å². The van der Waals surface area contributed by atoms with Gasteiger partial charge in [0.1, 0.15) is 5.75 Å². The highest BCUT2D eigenvalue weighted by atomic mass is 32.1. The summed E-state index contributed by atoms with van der Waals surface area (Å²) in [6, 6.07) is 2.00. The summed E-state index contributed by atoms with van der Waals surface area (Å²) >= 11 is 4.10. The molecule has 0 aliphatic rings. The largest absolute Gasteiger partial charge is 0.496 e. The standard InChI is InChI=1S/C14H21NO2S/c1-9-8-12(15(4)13(16)6-7-18)10(2)11(3)14(9)17-5/h8,18H,6-7H2,1-5H3. The second kappa shape index (κ2) is 6.14. The lowest BCUT2D eigenvalue weighted by Gasteiger charge is -2.23. The molecule has 1 aromatic rings. The third kappa shape index (κ3) is 2.80. The van der Waals surface area contributed by atoms with Crippen LogP contribution in [0.1, 0.15) is 23.1 Å². The number of hydrogen-bond donors (Lipinski definition) is 1. The lowest BCUT2D eigenvalue weighted by molar-refractivity contribution is -0.117. The average Bonchev–Trinajstić information content (AvgIpc) is 2.34. The summed E-state index contributed by atoms with van der Waals surface area (Å²) < 4.78 is 5.38. The smallest absolute Gasteiger partial charge is 0.227 e. The van der Waals surface area contributed by atoms with Gasteiger partial charge in [-0.05, 0) is 49.3 Å². The van der Waals surface area contributed by atoms with E-state index in [0.717, 1.165) is 28.1 Å². The first kappa shape index (κ1) is 14.9. The number of rotatable bonds is 4. The summed E-state index contributed by atoms with van der Waals surface area (Å²) in [6.45, 7) is 6.02. The Balaban J connectivity index is 3.22. The summed E-state index contributed by atoms with van der Waals surface area (Å²) in [4.78, 5) is 13.6. The molecule has 0 heterocycles. The van der Waals surface area contributed by atoms with E-state index in [9.17, 15) is 4.79 Å². The first-order valence-electron chi connectivity index (χ1n) is 5.96. The molecule has 1 rings (SSSR count). The van der Waals surface area contributed by atoms with Crippen LogP contribution in [0.4, 0.5) is 5.69 Å². The Morgan fingerprint density at radius 1 is 1.33 bits per heavy atom. The summed E-state index contributed by atoms with van der Waals surface area (Å²) in [6.07, 6.45) is 0.448. The molecule has 18 heavy (non-hydrogen) atoms. The fraction of sp³-hybridized carbons (Fsp3) is 0.500. The van der Waals surface area contributed by atoms with E-state index in [1.165, 1.54) is 0 Å².